The van der Waals surface area contributed by atoms with Crippen molar-refractivity contribution < 1.29 is 8.95 Å². The van der Waals surface area contributed by atoms with Crippen LogP contribution in [0.4, 0.5) is 0 Å². The van der Waals surface area contributed by atoms with Crippen LogP contribution < -0.4 is 10.1 Å². The van der Waals surface area contributed by atoms with E-state index in [0.717, 1.165) is 42.4 Å². The Bertz CT molecular complexity index is 390. The molecule has 0 aliphatic carbocycles. The second-order valence-corrected chi connectivity index (χ2v) is 5.56. The molecule has 0 aromatic carbocycles. The first-order chi connectivity index (χ1) is 8.06. The number of hydrogen-bond donors (Lipinski definition) is 1. The normalized spacial score (nSPS) is 12.7. The fourth-order valence-corrected chi connectivity index (χ4v) is 2.30. The van der Waals surface area contributed by atoms with Crippen LogP contribution in [0.3, 0.4) is 0 Å². The average molecular weight is 259 g/mol. The molecule has 0 amide bonds. The van der Waals surface area contributed by atoms with Gasteiger partial charge in [0.1, 0.15) is 0 Å². The highest BCUT2D eigenvalue weighted by molar-refractivity contribution is 7.84. The molecule has 0 spiro atoms. The summed E-state index contributed by atoms with van der Waals surface area (Å²) < 4.78 is 17.9. The van der Waals surface area contributed by atoms with Gasteiger partial charge in [-0.25, -0.2) is 4.68 Å². The summed E-state index contributed by atoms with van der Waals surface area (Å²) in [5, 5.41) is 7.63. The van der Waals surface area contributed by atoms with E-state index in [2.05, 4.69) is 10.4 Å². The Morgan fingerprint density at radius 2 is 2.24 bits per heavy atom. The molecule has 1 N–H and O–H groups in total. The highest BCUT2D eigenvalue weighted by atomic mass is 32.2. The van der Waals surface area contributed by atoms with E-state index in [9.17, 15) is 4.21 Å². The minimum absolute atomic E-state index is 0.701. The van der Waals surface area contributed by atoms with Crippen molar-refractivity contribution in [2.24, 2.45) is 7.05 Å². The Labute approximate surface area is 105 Å². The molecule has 0 radical (unpaired) electrons. The largest absolute Gasteiger partial charge is 0.481 e. The van der Waals surface area contributed by atoms with Gasteiger partial charge in [-0.3, -0.25) is 4.21 Å². The lowest BCUT2D eigenvalue weighted by molar-refractivity contribution is 0.368. The fraction of sp³-hybridized carbons (Fsp3) is 0.727. The molecular weight excluding hydrogens is 238 g/mol. The third-order valence-electron chi connectivity index (χ3n) is 2.57. The number of aryl methyl sites for hydroxylation is 2. The van der Waals surface area contributed by atoms with Crippen molar-refractivity contribution in [3.05, 3.63) is 11.3 Å². The highest BCUT2D eigenvalue weighted by Crippen LogP contribution is 2.20. The van der Waals surface area contributed by atoms with Crippen LogP contribution in [0.5, 0.6) is 5.88 Å². The van der Waals surface area contributed by atoms with Gasteiger partial charge >= 0.3 is 0 Å². The number of rotatable bonds is 7. The molecule has 0 saturated heterocycles. The van der Waals surface area contributed by atoms with E-state index in [1.54, 1.807) is 18.0 Å². The van der Waals surface area contributed by atoms with Gasteiger partial charge < -0.3 is 10.1 Å². The number of aromatic nitrogens is 2. The standard InChI is InChI=1S/C11H21N3O2S/c1-9-10(11(16-3)14(2)13-9)8-12-6-5-7-17(4)15/h12H,5-8H2,1-4H3. The van der Waals surface area contributed by atoms with Crippen molar-refractivity contribution in [3.63, 3.8) is 0 Å². The molecule has 1 atom stereocenters. The maximum Gasteiger partial charge on any atom is 0.216 e. The molecule has 1 aromatic heterocycles. The van der Waals surface area contributed by atoms with Crippen LogP contribution in [0, 0.1) is 6.92 Å². The minimum Gasteiger partial charge on any atom is -0.481 e. The fourth-order valence-electron chi connectivity index (χ4n) is 1.75. The zero-order valence-electron chi connectivity index (χ0n) is 10.9. The van der Waals surface area contributed by atoms with E-state index in [4.69, 9.17) is 4.74 Å². The number of methoxy groups -OCH3 is 1. The Morgan fingerprint density at radius 1 is 1.53 bits per heavy atom. The lowest BCUT2D eigenvalue weighted by Gasteiger charge is -2.06. The molecule has 6 heteroatoms. The summed E-state index contributed by atoms with van der Waals surface area (Å²) >= 11 is 0. The van der Waals surface area contributed by atoms with Crippen LogP contribution in [0.15, 0.2) is 0 Å². The Hall–Kier alpha value is -0.880. The van der Waals surface area contributed by atoms with Gasteiger partial charge in [0, 0.05) is 36.4 Å². The van der Waals surface area contributed by atoms with Gasteiger partial charge in [-0.05, 0) is 19.9 Å². The first-order valence-corrected chi connectivity index (χ1v) is 7.36. The van der Waals surface area contributed by atoms with Crippen LogP contribution in [-0.2, 0) is 24.4 Å². The molecule has 0 aliphatic heterocycles. The summed E-state index contributed by atoms with van der Waals surface area (Å²) in [5.74, 6) is 1.55. The Kier molecular flexibility index (Phi) is 5.64. The lowest BCUT2D eigenvalue weighted by Crippen LogP contribution is -2.17. The molecule has 17 heavy (non-hydrogen) atoms. The van der Waals surface area contributed by atoms with Crippen molar-refractivity contribution in [3.8, 4) is 5.88 Å². The maximum atomic E-state index is 10.9. The predicted molar refractivity (Wildman–Crippen MR) is 69.8 cm³/mol. The number of nitrogens with one attached hydrogen (secondary N) is 1. The maximum absolute atomic E-state index is 10.9. The Balaban J connectivity index is 2.43. The molecule has 1 unspecified atom stereocenters. The quantitative estimate of drug-likeness (QED) is 0.728. The summed E-state index contributed by atoms with van der Waals surface area (Å²) in [6.45, 7) is 3.57. The molecule has 1 rings (SSSR count). The smallest absolute Gasteiger partial charge is 0.216 e. The van der Waals surface area contributed by atoms with Gasteiger partial charge in [0.15, 0.2) is 0 Å². The van der Waals surface area contributed by atoms with Crippen LogP contribution in [0.25, 0.3) is 0 Å². The number of ether oxygens (including phenoxy) is 1. The van der Waals surface area contributed by atoms with E-state index >= 15 is 0 Å². The van der Waals surface area contributed by atoms with Crippen LogP contribution >= 0.6 is 0 Å². The van der Waals surface area contributed by atoms with Crippen molar-refractivity contribution in [1.29, 1.82) is 0 Å². The lowest BCUT2D eigenvalue weighted by atomic mass is 10.2. The molecule has 5 nitrogen and oxygen atoms in total. The van der Waals surface area contributed by atoms with E-state index < -0.39 is 10.8 Å². The summed E-state index contributed by atoms with van der Waals surface area (Å²) in [7, 11) is 2.82. The number of nitrogens with zero attached hydrogens (tertiary/aromatic N) is 2. The molecule has 1 aromatic rings. The molecular formula is C11H21N3O2S. The van der Waals surface area contributed by atoms with Gasteiger partial charge in [0.2, 0.25) is 5.88 Å². The van der Waals surface area contributed by atoms with Gasteiger partial charge in [-0.15, -0.1) is 0 Å². The first kappa shape index (κ1) is 14.2. The van der Waals surface area contributed by atoms with E-state index in [1.807, 2.05) is 14.0 Å². The monoisotopic (exact) mass is 259 g/mol. The van der Waals surface area contributed by atoms with E-state index in [1.165, 1.54) is 0 Å². The highest BCUT2D eigenvalue weighted by Gasteiger charge is 2.12. The topological polar surface area (TPSA) is 56.1 Å². The molecule has 98 valence electrons. The minimum atomic E-state index is -0.701. The van der Waals surface area contributed by atoms with Crippen molar-refractivity contribution in [2.45, 2.75) is 19.9 Å². The van der Waals surface area contributed by atoms with E-state index in [-0.39, 0.29) is 0 Å². The molecule has 0 aliphatic rings. The van der Waals surface area contributed by atoms with Crippen LogP contribution in [0.1, 0.15) is 17.7 Å². The van der Waals surface area contributed by atoms with Crippen molar-refractivity contribution >= 4 is 10.8 Å². The summed E-state index contributed by atoms with van der Waals surface area (Å²) in [5.41, 5.74) is 2.07. The van der Waals surface area contributed by atoms with E-state index in [0.29, 0.717) is 0 Å². The van der Waals surface area contributed by atoms with Gasteiger partial charge in [-0.1, -0.05) is 0 Å². The van der Waals surface area contributed by atoms with Gasteiger partial charge in [-0.2, -0.15) is 5.10 Å². The zero-order chi connectivity index (χ0) is 12.8. The average Bonchev–Trinajstić information content (AvgIpc) is 2.52. The zero-order valence-corrected chi connectivity index (χ0v) is 11.8. The molecule has 0 saturated carbocycles. The molecule has 1 heterocycles. The number of hydrogen-bond acceptors (Lipinski definition) is 4. The third-order valence-corrected chi connectivity index (χ3v) is 3.43. The summed E-state index contributed by atoms with van der Waals surface area (Å²) in [6.07, 6.45) is 2.65. The summed E-state index contributed by atoms with van der Waals surface area (Å²) in [4.78, 5) is 0. The molecule has 0 bridgehead atoms. The van der Waals surface area contributed by atoms with Crippen molar-refractivity contribution in [1.82, 2.24) is 15.1 Å². The van der Waals surface area contributed by atoms with Crippen LogP contribution in [0.2, 0.25) is 0 Å². The van der Waals surface area contributed by atoms with Crippen LogP contribution in [-0.4, -0.2) is 39.7 Å². The predicted octanol–water partition coefficient (Wildman–Crippen LogP) is 0.595. The SMILES string of the molecule is COc1c(CNCCCS(C)=O)c(C)nn1C. The second kappa shape index (κ2) is 6.76. The Morgan fingerprint density at radius 3 is 2.82 bits per heavy atom. The summed E-state index contributed by atoms with van der Waals surface area (Å²) in [6, 6.07) is 0. The second-order valence-electron chi connectivity index (χ2n) is 4.00. The third kappa shape index (κ3) is 4.12. The van der Waals surface area contributed by atoms with Crippen molar-refractivity contribution in [2.75, 3.05) is 25.7 Å². The van der Waals surface area contributed by atoms with Gasteiger partial charge in [0.05, 0.1) is 18.4 Å². The molecule has 0 fully saturated rings. The van der Waals surface area contributed by atoms with Gasteiger partial charge in [0.25, 0.3) is 0 Å². The first-order valence-electron chi connectivity index (χ1n) is 5.63.